The van der Waals surface area contributed by atoms with Crippen molar-refractivity contribution in [1.29, 1.82) is 0 Å². The summed E-state index contributed by atoms with van der Waals surface area (Å²) in [5.41, 5.74) is 4.24. The van der Waals surface area contributed by atoms with Crippen LogP contribution in [-0.4, -0.2) is 21.6 Å². The lowest BCUT2D eigenvalue weighted by atomic mass is 10.1. The predicted octanol–water partition coefficient (Wildman–Crippen LogP) is 5.59. The fraction of sp³-hybridized carbons (Fsp3) is 0.0909. The Hall–Kier alpha value is -3.05. The molecular weight excluding hydrogens is 354 g/mol. The van der Waals surface area contributed by atoms with Crippen LogP contribution in [0, 0.1) is 0 Å². The quantitative estimate of drug-likeness (QED) is 0.448. The number of imidazole rings is 1. The Balaban J connectivity index is 1.57. The number of amides is 1. The average Bonchev–Trinajstić information content (AvgIpc) is 3.13. The molecule has 5 heteroatoms. The van der Waals surface area contributed by atoms with Crippen molar-refractivity contribution >= 4 is 34.4 Å². The van der Waals surface area contributed by atoms with E-state index < -0.39 is 0 Å². The maximum absolute atomic E-state index is 12.6. The second-order valence-corrected chi connectivity index (χ2v) is 7.44. The minimum absolute atomic E-state index is 0.115. The van der Waals surface area contributed by atoms with Crippen LogP contribution in [0.25, 0.3) is 22.4 Å². The Kier molecular flexibility index (Phi) is 4.94. The highest BCUT2D eigenvalue weighted by Gasteiger charge is 2.09. The number of thioether (sulfide) groups is 1. The van der Waals surface area contributed by atoms with E-state index in [1.54, 1.807) is 11.8 Å². The van der Waals surface area contributed by atoms with E-state index in [4.69, 9.17) is 0 Å². The molecule has 1 heterocycles. The molecule has 0 aliphatic heterocycles. The number of rotatable bonds is 5. The summed E-state index contributed by atoms with van der Waals surface area (Å²) < 4.78 is 0. The van der Waals surface area contributed by atoms with Crippen LogP contribution < -0.4 is 5.32 Å². The summed E-state index contributed by atoms with van der Waals surface area (Å²) in [5.74, 6) is 1.65. The van der Waals surface area contributed by atoms with Crippen molar-refractivity contribution in [3.05, 3.63) is 78.4 Å². The number of fused-ring (bicyclic) bond motifs is 1. The first kappa shape index (κ1) is 17.4. The van der Waals surface area contributed by atoms with Gasteiger partial charge in [0, 0.05) is 21.7 Å². The summed E-state index contributed by atoms with van der Waals surface area (Å²) in [6.07, 6.45) is 0. The molecule has 0 bridgehead atoms. The van der Waals surface area contributed by atoms with Gasteiger partial charge in [-0.05, 0) is 48.2 Å². The van der Waals surface area contributed by atoms with E-state index in [9.17, 15) is 4.79 Å². The van der Waals surface area contributed by atoms with Crippen LogP contribution in [0.2, 0.25) is 0 Å². The molecule has 0 spiro atoms. The third kappa shape index (κ3) is 3.88. The van der Waals surface area contributed by atoms with Gasteiger partial charge >= 0.3 is 0 Å². The second kappa shape index (κ2) is 7.68. The number of carbonyl (C=O) groups excluding carboxylic acids is 1. The predicted molar refractivity (Wildman–Crippen MR) is 112 cm³/mol. The van der Waals surface area contributed by atoms with Crippen molar-refractivity contribution in [3.8, 4) is 11.4 Å². The van der Waals surface area contributed by atoms with E-state index >= 15 is 0 Å². The molecule has 4 nitrogen and oxygen atoms in total. The number of aromatic nitrogens is 2. The number of para-hydroxylation sites is 2. The maximum Gasteiger partial charge on any atom is 0.255 e. The molecule has 0 aliphatic rings. The van der Waals surface area contributed by atoms with Crippen molar-refractivity contribution in [2.75, 3.05) is 11.1 Å². The Morgan fingerprint density at radius 3 is 2.74 bits per heavy atom. The van der Waals surface area contributed by atoms with Gasteiger partial charge in [-0.2, -0.15) is 0 Å². The van der Waals surface area contributed by atoms with E-state index in [2.05, 4.69) is 22.2 Å². The molecular formula is C22H19N3OS. The van der Waals surface area contributed by atoms with Gasteiger partial charge in [0.05, 0.1) is 11.0 Å². The van der Waals surface area contributed by atoms with E-state index in [1.807, 2.05) is 72.8 Å². The van der Waals surface area contributed by atoms with Gasteiger partial charge in [-0.1, -0.05) is 37.3 Å². The normalized spacial score (nSPS) is 10.9. The zero-order valence-corrected chi connectivity index (χ0v) is 15.7. The number of nitrogens with zero attached hydrogens (tertiary/aromatic N) is 1. The summed E-state index contributed by atoms with van der Waals surface area (Å²) >= 11 is 1.72. The monoisotopic (exact) mass is 373 g/mol. The number of aromatic amines is 1. The van der Waals surface area contributed by atoms with Gasteiger partial charge in [-0.3, -0.25) is 4.79 Å². The fourth-order valence-corrected chi connectivity index (χ4v) is 3.65. The SMILES string of the molecule is CCSc1cccc(C(=O)Nc2cccc(-c3nc4ccccc4[nH]3)c2)c1. The maximum atomic E-state index is 12.6. The highest BCUT2D eigenvalue weighted by atomic mass is 32.2. The molecule has 0 atom stereocenters. The standard InChI is InChI=1S/C22H19N3OS/c1-2-27-18-10-6-8-16(14-18)22(26)23-17-9-5-7-15(13-17)21-24-19-11-3-4-12-20(19)25-21/h3-14H,2H2,1H3,(H,23,26)(H,24,25). The molecule has 27 heavy (non-hydrogen) atoms. The molecule has 3 aromatic carbocycles. The molecule has 2 N–H and O–H groups in total. The van der Waals surface area contributed by atoms with Gasteiger partial charge in [-0.25, -0.2) is 4.98 Å². The van der Waals surface area contributed by atoms with Crippen molar-refractivity contribution < 1.29 is 4.79 Å². The lowest BCUT2D eigenvalue weighted by Crippen LogP contribution is -2.11. The van der Waals surface area contributed by atoms with Gasteiger partial charge < -0.3 is 10.3 Å². The number of hydrogen-bond donors (Lipinski definition) is 2. The largest absolute Gasteiger partial charge is 0.338 e. The number of benzene rings is 3. The summed E-state index contributed by atoms with van der Waals surface area (Å²) in [6, 6.07) is 23.3. The number of nitrogens with one attached hydrogen (secondary N) is 2. The van der Waals surface area contributed by atoms with Crippen molar-refractivity contribution in [2.45, 2.75) is 11.8 Å². The first-order valence-electron chi connectivity index (χ1n) is 8.82. The molecule has 0 unspecified atom stereocenters. The minimum atomic E-state index is -0.115. The van der Waals surface area contributed by atoms with Gasteiger partial charge in [0.15, 0.2) is 0 Å². The highest BCUT2D eigenvalue weighted by molar-refractivity contribution is 7.99. The number of hydrogen-bond acceptors (Lipinski definition) is 3. The van der Waals surface area contributed by atoms with E-state index in [1.165, 1.54) is 0 Å². The molecule has 1 amide bonds. The molecule has 0 radical (unpaired) electrons. The van der Waals surface area contributed by atoms with Gasteiger partial charge in [0.1, 0.15) is 5.82 Å². The van der Waals surface area contributed by atoms with Crippen LogP contribution in [0.1, 0.15) is 17.3 Å². The third-order valence-corrected chi connectivity index (χ3v) is 5.07. The average molecular weight is 373 g/mol. The second-order valence-electron chi connectivity index (χ2n) is 6.10. The van der Waals surface area contributed by atoms with Crippen LogP contribution in [0.5, 0.6) is 0 Å². The fourth-order valence-electron chi connectivity index (χ4n) is 2.93. The Bertz CT molecular complexity index is 1070. The van der Waals surface area contributed by atoms with Gasteiger partial charge in [0.25, 0.3) is 5.91 Å². The van der Waals surface area contributed by atoms with Crippen LogP contribution in [0.4, 0.5) is 5.69 Å². The Labute approximate surface area is 162 Å². The summed E-state index contributed by atoms with van der Waals surface area (Å²) in [5, 5.41) is 2.98. The molecule has 0 saturated carbocycles. The lowest BCUT2D eigenvalue weighted by molar-refractivity contribution is 0.102. The molecule has 4 aromatic rings. The topological polar surface area (TPSA) is 57.8 Å². The van der Waals surface area contributed by atoms with E-state index in [0.717, 1.165) is 38.8 Å². The molecule has 134 valence electrons. The third-order valence-electron chi connectivity index (χ3n) is 4.19. The lowest BCUT2D eigenvalue weighted by Gasteiger charge is -2.08. The Morgan fingerprint density at radius 1 is 1.04 bits per heavy atom. The summed E-state index contributed by atoms with van der Waals surface area (Å²) in [7, 11) is 0. The minimum Gasteiger partial charge on any atom is -0.338 e. The first-order valence-corrected chi connectivity index (χ1v) is 9.81. The molecule has 0 saturated heterocycles. The number of H-pyrrole nitrogens is 1. The Morgan fingerprint density at radius 2 is 1.89 bits per heavy atom. The van der Waals surface area contributed by atoms with E-state index in [-0.39, 0.29) is 5.91 Å². The number of anilines is 1. The van der Waals surface area contributed by atoms with Gasteiger partial charge in [-0.15, -0.1) is 11.8 Å². The van der Waals surface area contributed by atoms with E-state index in [0.29, 0.717) is 5.56 Å². The van der Waals surface area contributed by atoms with Crippen LogP contribution in [-0.2, 0) is 0 Å². The van der Waals surface area contributed by atoms with Crippen LogP contribution in [0.15, 0.2) is 77.7 Å². The van der Waals surface area contributed by atoms with Crippen molar-refractivity contribution in [3.63, 3.8) is 0 Å². The molecule has 1 aromatic heterocycles. The van der Waals surface area contributed by atoms with Crippen LogP contribution >= 0.6 is 11.8 Å². The van der Waals surface area contributed by atoms with Crippen molar-refractivity contribution in [2.24, 2.45) is 0 Å². The first-order chi connectivity index (χ1) is 13.2. The van der Waals surface area contributed by atoms with Crippen molar-refractivity contribution in [1.82, 2.24) is 9.97 Å². The number of carbonyl (C=O) groups is 1. The summed E-state index contributed by atoms with van der Waals surface area (Å²) in [4.78, 5) is 21.7. The smallest absolute Gasteiger partial charge is 0.255 e. The summed E-state index contributed by atoms with van der Waals surface area (Å²) in [6.45, 7) is 2.10. The molecule has 0 fully saturated rings. The zero-order chi connectivity index (χ0) is 18.6. The molecule has 0 aliphatic carbocycles. The highest BCUT2D eigenvalue weighted by Crippen LogP contribution is 2.24. The van der Waals surface area contributed by atoms with Crippen LogP contribution in [0.3, 0.4) is 0 Å². The molecule has 4 rings (SSSR count). The zero-order valence-electron chi connectivity index (χ0n) is 14.9. The van der Waals surface area contributed by atoms with Gasteiger partial charge in [0.2, 0.25) is 0 Å².